The SMILES string of the molecule is Cc1cc(CN2C[C@H](c3ccccc3)NC2=O)ccc1OCCCN1CCSCC1. The van der Waals surface area contributed by atoms with Crippen molar-refractivity contribution in [3.63, 3.8) is 0 Å². The molecule has 0 spiro atoms. The lowest BCUT2D eigenvalue weighted by Crippen LogP contribution is -2.33. The molecule has 2 aliphatic heterocycles. The van der Waals surface area contributed by atoms with Crippen molar-refractivity contribution in [2.75, 3.05) is 44.3 Å². The number of benzene rings is 2. The number of nitrogens with one attached hydrogen (secondary N) is 1. The second kappa shape index (κ2) is 10.2. The minimum Gasteiger partial charge on any atom is -0.493 e. The summed E-state index contributed by atoms with van der Waals surface area (Å²) >= 11 is 2.05. The average Bonchev–Trinajstić information content (AvgIpc) is 3.14. The molecule has 2 saturated heterocycles. The fraction of sp³-hybridized carbons (Fsp3) is 0.458. The third-order valence-corrected chi connectivity index (χ3v) is 6.73. The van der Waals surface area contributed by atoms with Crippen LogP contribution in [0, 0.1) is 6.92 Å². The van der Waals surface area contributed by atoms with Gasteiger partial charge < -0.3 is 19.9 Å². The number of thioether (sulfide) groups is 1. The molecule has 2 amide bonds. The Labute approximate surface area is 183 Å². The van der Waals surface area contributed by atoms with E-state index in [4.69, 9.17) is 4.74 Å². The summed E-state index contributed by atoms with van der Waals surface area (Å²) in [6.07, 6.45) is 1.06. The second-order valence-corrected chi connectivity index (χ2v) is 9.27. The smallest absolute Gasteiger partial charge is 0.318 e. The lowest BCUT2D eigenvalue weighted by atomic mass is 10.1. The molecule has 1 atom stereocenters. The summed E-state index contributed by atoms with van der Waals surface area (Å²) in [6, 6.07) is 16.5. The van der Waals surface area contributed by atoms with Crippen LogP contribution in [0.2, 0.25) is 0 Å². The highest BCUT2D eigenvalue weighted by Gasteiger charge is 2.29. The molecular weight excluding hydrogens is 394 g/mol. The van der Waals surface area contributed by atoms with E-state index in [1.165, 1.54) is 24.6 Å². The zero-order chi connectivity index (χ0) is 20.8. The maximum absolute atomic E-state index is 12.4. The molecule has 5 nitrogen and oxygen atoms in total. The molecule has 4 rings (SSSR count). The predicted octanol–water partition coefficient (Wildman–Crippen LogP) is 4.08. The van der Waals surface area contributed by atoms with Gasteiger partial charge in [0, 0.05) is 44.2 Å². The van der Waals surface area contributed by atoms with Crippen LogP contribution in [0.1, 0.15) is 29.2 Å². The second-order valence-electron chi connectivity index (χ2n) is 8.05. The molecule has 0 unspecified atom stereocenters. The van der Waals surface area contributed by atoms with Gasteiger partial charge in [0.1, 0.15) is 5.75 Å². The number of ether oxygens (including phenoxy) is 1. The average molecular weight is 426 g/mol. The Kier molecular flexibility index (Phi) is 7.18. The molecular formula is C24H31N3O2S. The summed E-state index contributed by atoms with van der Waals surface area (Å²) in [4.78, 5) is 16.8. The molecule has 6 heteroatoms. The molecule has 0 aliphatic carbocycles. The number of urea groups is 1. The van der Waals surface area contributed by atoms with Gasteiger partial charge >= 0.3 is 6.03 Å². The van der Waals surface area contributed by atoms with Gasteiger partial charge in [-0.1, -0.05) is 42.5 Å². The number of nitrogens with zero attached hydrogens (tertiary/aromatic N) is 2. The van der Waals surface area contributed by atoms with E-state index in [-0.39, 0.29) is 12.1 Å². The van der Waals surface area contributed by atoms with Crippen molar-refractivity contribution in [1.29, 1.82) is 0 Å². The largest absolute Gasteiger partial charge is 0.493 e. The Bertz CT molecular complexity index is 840. The molecule has 0 radical (unpaired) electrons. The topological polar surface area (TPSA) is 44.8 Å². The molecule has 0 bridgehead atoms. The molecule has 0 saturated carbocycles. The molecule has 160 valence electrons. The molecule has 1 N–H and O–H groups in total. The van der Waals surface area contributed by atoms with E-state index in [1.54, 1.807) is 0 Å². The van der Waals surface area contributed by atoms with Crippen molar-refractivity contribution >= 4 is 17.8 Å². The summed E-state index contributed by atoms with van der Waals surface area (Å²) in [5.41, 5.74) is 3.41. The number of hydrogen-bond donors (Lipinski definition) is 1. The van der Waals surface area contributed by atoms with E-state index in [0.717, 1.165) is 42.0 Å². The first-order chi connectivity index (χ1) is 14.7. The molecule has 2 aromatic rings. The van der Waals surface area contributed by atoms with Gasteiger partial charge in [-0.15, -0.1) is 0 Å². The van der Waals surface area contributed by atoms with E-state index >= 15 is 0 Å². The van der Waals surface area contributed by atoms with Crippen molar-refractivity contribution in [1.82, 2.24) is 15.1 Å². The van der Waals surface area contributed by atoms with E-state index in [2.05, 4.69) is 41.4 Å². The van der Waals surface area contributed by atoms with Crippen LogP contribution >= 0.6 is 11.8 Å². The van der Waals surface area contributed by atoms with E-state index < -0.39 is 0 Å². The fourth-order valence-electron chi connectivity index (χ4n) is 4.09. The maximum Gasteiger partial charge on any atom is 0.318 e. The minimum atomic E-state index is -0.00190. The Morgan fingerprint density at radius 2 is 1.93 bits per heavy atom. The van der Waals surface area contributed by atoms with Gasteiger partial charge in [-0.25, -0.2) is 4.79 Å². The van der Waals surface area contributed by atoms with Crippen LogP contribution < -0.4 is 10.1 Å². The van der Waals surface area contributed by atoms with Crippen LogP contribution in [-0.4, -0.2) is 60.1 Å². The summed E-state index contributed by atoms with van der Waals surface area (Å²) in [5.74, 6) is 3.45. The van der Waals surface area contributed by atoms with Crippen LogP contribution in [0.5, 0.6) is 5.75 Å². The Morgan fingerprint density at radius 1 is 1.13 bits per heavy atom. The summed E-state index contributed by atoms with van der Waals surface area (Å²) in [7, 11) is 0. The number of hydrogen-bond acceptors (Lipinski definition) is 4. The summed E-state index contributed by atoms with van der Waals surface area (Å²) in [5, 5.41) is 3.08. The van der Waals surface area contributed by atoms with Gasteiger partial charge in [-0.3, -0.25) is 0 Å². The minimum absolute atomic E-state index is 0.00190. The van der Waals surface area contributed by atoms with Crippen LogP contribution in [0.3, 0.4) is 0 Å². The van der Waals surface area contributed by atoms with Crippen molar-refractivity contribution in [2.24, 2.45) is 0 Å². The van der Waals surface area contributed by atoms with E-state index in [0.29, 0.717) is 13.1 Å². The monoisotopic (exact) mass is 425 g/mol. The number of aryl methyl sites for hydroxylation is 1. The number of amides is 2. The maximum atomic E-state index is 12.4. The lowest BCUT2D eigenvalue weighted by molar-refractivity contribution is 0.215. The van der Waals surface area contributed by atoms with Gasteiger partial charge in [-0.2, -0.15) is 11.8 Å². The number of carbonyl (C=O) groups excluding carboxylic acids is 1. The van der Waals surface area contributed by atoms with Crippen molar-refractivity contribution < 1.29 is 9.53 Å². The van der Waals surface area contributed by atoms with Crippen molar-refractivity contribution in [2.45, 2.75) is 25.9 Å². The van der Waals surface area contributed by atoms with Crippen LogP contribution in [0.15, 0.2) is 48.5 Å². The van der Waals surface area contributed by atoms with Gasteiger partial charge in [-0.05, 0) is 36.1 Å². The first-order valence-corrected chi connectivity index (χ1v) is 12.0. The van der Waals surface area contributed by atoms with Gasteiger partial charge in [0.15, 0.2) is 0 Å². The van der Waals surface area contributed by atoms with Crippen LogP contribution in [-0.2, 0) is 6.54 Å². The molecule has 2 aliphatic rings. The molecule has 30 heavy (non-hydrogen) atoms. The van der Waals surface area contributed by atoms with Gasteiger partial charge in [0.05, 0.1) is 12.6 Å². The first kappa shape index (κ1) is 21.1. The van der Waals surface area contributed by atoms with E-state index in [1.807, 2.05) is 40.9 Å². The predicted molar refractivity (Wildman–Crippen MR) is 123 cm³/mol. The van der Waals surface area contributed by atoms with Gasteiger partial charge in [0.25, 0.3) is 0 Å². The van der Waals surface area contributed by atoms with Crippen LogP contribution in [0.4, 0.5) is 4.79 Å². The Morgan fingerprint density at radius 3 is 2.70 bits per heavy atom. The Hall–Kier alpha value is -2.18. The number of rotatable bonds is 8. The normalized spacial score (nSPS) is 19.7. The highest BCUT2D eigenvalue weighted by molar-refractivity contribution is 7.99. The summed E-state index contributed by atoms with van der Waals surface area (Å²) < 4.78 is 6.02. The van der Waals surface area contributed by atoms with Gasteiger partial charge in [0.2, 0.25) is 0 Å². The number of carbonyl (C=O) groups is 1. The molecule has 0 aromatic heterocycles. The van der Waals surface area contributed by atoms with Crippen LogP contribution in [0.25, 0.3) is 0 Å². The zero-order valence-electron chi connectivity index (χ0n) is 17.7. The lowest BCUT2D eigenvalue weighted by Gasteiger charge is -2.26. The molecule has 2 aromatic carbocycles. The first-order valence-electron chi connectivity index (χ1n) is 10.8. The molecule has 2 heterocycles. The van der Waals surface area contributed by atoms with E-state index in [9.17, 15) is 4.79 Å². The van der Waals surface area contributed by atoms with Crippen molar-refractivity contribution in [3.05, 3.63) is 65.2 Å². The highest BCUT2D eigenvalue weighted by Crippen LogP contribution is 2.24. The Balaban J connectivity index is 1.26. The molecule has 2 fully saturated rings. The third kappa shape index (κ3) is 5.49. The summed E-state index contributed by atoms with van der Waals surface area (Å²) in [6.45, 7) is 7.65. The zero-order valence-corrected chi connectivity index (χ0v) is 18.5. The quantitative estimate of drug-likeness (QED) is 0.648. The fourth-order valence-corrected chi connectivity index (χ4v) is 5.07. The standard InChI is InChI=1S/C24H31N3O2S/c1-19-16-20(8-9-23(19)29-13-5-10-26-11-14-30-15-12-26)17-27-18-22(25-24(27)28)21-6-3-2-4-7-21/h2-4,6-9,16,22H,5,10-15,17-18H2,1H3,(H,25,28)/t22-/m1/s1. The third-order valence-electron chi connectivity index (χ3n) is 5.78. The van der Waals surface area contributed by atoms with Crippen molar-refractivity contribution in [3.8, 4) is 5.75 Å². The highest BCUT2D eigenvalue weighted by atomic mass is 32.2.